The average Bonchev–Trinajstić information content (AvgIpc) is 3.06. The highest BCUT2D eigenvalue weighted by Gasteiger charge is 2.35. The third-order valence-electron chi connectivity index (χ3n) is 4.28. The van der Waals surface area contributed by atoms with E-state index >= 15 is 0 Å². The fourth-order valence-corrected chi connectivity index (χ4v) is 3.59. The highest BCUT2D eigenvalue weighted by Crippen LogP contribution is 2.41. The maximum absolute atomic E-state index is 12.4. The van der Waals surface area contributed by atoms with Crippen molar-refractivity contribution in [3.63, 3.8) is 0 Å². The number of aromatic nitrogens is 3. The van der Waals surface area contributed by atoms with Crippen molar-refractivity contribution in [3.8, 4) is 0 Å². The van der Waals surface area contributed by atoms with Gasteiger partial charge in [-0.15, -0.1) is 11.3 Å². The largest absolute Gasteiger partial charge is 0.332 e. The van der Waals surface area contributed by atoms with Gasteiger partial charge in [-0.3, -0.25) is 4.68 Å². The Kier molecular flexibility index (Phi) is 4.89. The summed E-state index contributed by atoms with van der Waals surface area (Å²) in [6.07, 6.45) is 6.10. The van der Waals surface area contributed by atoms with E-state index in [9.17, 15) is 4.79 Å². The van der Waals surface area contributed by atoms with Crippen LogP contribution in [0.25, 0.3) is 0 Å². The fourth-order valence-electron chi connectivity index (χ4n) is 2.65. The highest BCUT2D eigenvalue weighted by molar-refractivity contribution is 7.09. The minimum Gasteiger partial charge on any atom is -0.332 e. The van der Waals surface area contributed by atoms with Gasteiger partial charge in [-0.1, -0.05) is 0 Å². The van der Waals surface area contributed by atoms with Gasteiger partial charge in [0.1, 0.15) is 5.01 Å². The minimum absolute atomic E-state index is 0.0225. The fraction of sp³-hybridized carbons (Fsp3) is 0.588. The van der Waals surface area contributed by atoms with E-state index in [1.54, 1.807) is 11.3 Å². The molecule has 0 bridgehead atoms. The van der Waals surface area contributed by atoms with E-state index in [-0.39, 0.29) is 18.1 Å². The second kappa shape index (κ2) is 6.93. The van der Waals surface area contributed by atoms with Crippen LogP contribution >= 0.6 is 11.3 Å². The lowest BCUT2D eigenvalue weighted by atomic mass is 10.2. The lowest BCUT2D eigenvalue weighted by Gasteiger charge is -2.19. The van der Waals surface area contributed by atoms with Crippen LogP contribution in [-0.4, -0.2) is 20.8 Å². The number of amides is 2. The number of nitrogens with one attached hydrogen (secondary N) is 2. The van der Waals surface area contributed by atoms with Crippen LogP contribution in [0.5, 0.6) is 0 Å². The van der Waals surface area contributed by atoms with Crippen molar-refractivity contribution >= 4 is 17.4 Å². The lowest BCUT2D eigenvalue weighted by molar-refractivity contribution is 0.232. The Morgan fingerprint density at radius 2 is 2.08 bits per heavy atom. The van der Waals surface area contributed by atoms with Crippen molar-refractivity contribution in [2.45, 2.75) is 58.7 Å². The third kappa shape index (κ3) is 3.95. The first kappa shape index (κ1) is 17.0. The molecule has 0 aromatic carbocycles. The summed E-state index contributed by atoms with van der Waals surface area (Å²) in [7, 11) is 0. The van der Waals surface area contributed by atoms with Gasteiger partial charge in [-0.25, -0.2) is 9.78 Å². The molecule has 2 heterocycles. The highest BCUT2D eigenvalue weighted by atomic mass is 32.1. The van der Waals surface area contributed by atoms with Gasteiger partial charge in [0.2, 0.25) is 0 Å². The molecule has 0 radical (unpaired) electrons. The lowest BCUT2D eigenvalue weighted by Crippen LogP contribution is -2.39. The molecule has 2 amide bonds. The molecule has 0 unspecified atom stereocenters. The first-order valence-corrected chi connectivity index (χ1v) is 9.35. The van der Waals surface area contributed by atoms with Gasteiger partial charge < -0.3 is 10.6 Å². The van der Waals surface area contributed by atoms with Gasteiger partial charge in [0.25, 0.3) is 0 Å². The molecule has 0 spiro atoms. The predicted molar refractivity (Wildman–Crippen MR) is 95.0 cm³/mol. The van der Waals surface area contributed by atoms with E-state index < -0.39 is 0 Å². The molecule has 0 aliphatic heterocycles. The van der Waals surface area contributed by atoms with Crippen LogP contribution in [0.15, 0.2) is 17.8 Å². The number of carbonyl (C=O) groups excluding carboxylic acids is 1. The van der Waals surface area contributed by atoms with E-state index in [4.69, 9.17) is 0 Å². The normalized spacial score (nSPS) is 16.9. The first-order chi connectivity index (χ1) is 11.4. The summed E-state index contributed by atoms with van der Waals surface area (Å²) < 4.78 is 1.90. The molecule has 2 aromatic heterocycles. The van der Waals surface area contributed by atoms with Crippen LogP contribution in [0.1, 0.15) is 68.0 Å². The minimum atomic E-state index is -0.149. The molecule has 6 nitrogen and oxygen atoms in total. The molecule has 7 heteroatoms. The third-order valence-corrected chi connectivity index (χ3v) is 5.33. The summed E-state index contributed by atoms with van der Waals surface area (Å²) in [6.45, 7) is 8.12. The topological polar surface area (TPSA) is 71.8 Å². The number of aryl methyl sites for hydroxylation is 1. The molecule has 24 heavy (non-hydrogen) atoms. The van der Waals surface area contributed by atoms with Gasteiger partial charge in [-0.2, -0.15) is 5.10 Å². The van der Waals surface area contributed by atoms with Crippen molar-refractivity contribution in [2.24, 2.45) is 5.92 Å². The Bertz CT molecular complexity index is 703. The summed E-state index contributed by atoms with van der Waals surface area (Å²) in [6, 6.07) is 0.0985. The zero-order valence-corrected chi connectivity index (χ0v) is 15.4. The zero-order valence-electron chi connectivity index (χ0n) is 14.6. The molecular formula is C17H25N5OS. The number of hydrogen-bond acceptors (Lipinski definition) is 4. The predicted octanol–water partition coefficient (Wildman–Crippen LogP) is 3.74. The second-order valence-electron chi connectivity index (χ2n) is 6.83. The SMILES string of the molecule is Cc1csc([C@H](NC(=O)N[C@@H](C)c2cnn(C(C)C)c2)C2CC2)n1. The number of rotatable bonds is 6. The number of urea groups is 1. The molecule has 2 aromatic rings. The van der Waals surface area contributed by atoms with Crippen LogP contribution < -0.4 is 10.6 Å². The van der Waals surface area contributed by atoms with Crippen molar-refractivity contribution in [2.75, 3.05) is 0 Å². The molecular weight excluding hydrogens is 322 g/mol. The zero-order chi connectivity index (χ0) is 17.3. The van der Waals surface area contributed by atoms with E-state index in [2.05, 4.69) is 34.6 Å². The molecule has 1 aliphatic carbocycles. The van der Waals surface area contributed by atoms with Gasteiger partial charge in [-0.05, 0) is 46.5 Å². The molecule has 130 valence electrons. The number of thiazole rings is 1. The first-order valence-electron chi connectivity index (χ1n) is 8.47. The summed E-state index contributed by atoms with van der Waals surface area (Å²) in [5, 5.41) is 13.5. The molecule has 3 rings (SSSR count). The Morgan fingerprint density at radius 3 is 2.62 bits per heavy atom. The van der Waals surface area contributed by atoms with Crippen LogP contribution in [0.2, 0.25) is 0 Å². The number of hydrogen-bond donors (Lipinski definition) is 2. The molecule has 2 N–H and O–H groups in total. The average molecular weight is 347 g/mol. The van der Waals surface area contributed by atoms with Crippen molar-refractivity contribution in [1.29, 1.82) is 0 Å². The van der Waals surface area contributed by atoms with Gasteiger partial charge in [0.15, 0.2) is 0 Å². The van der Waals surface area contributed by atoms with Gasteiger partial charge >= 0.3 is 6.03 Å². The molecule has 2 atom stereocenters. The van der Waals surface area contributed by atoms with Crippen molar-refractivity contribution < 1.29 is 4.79 Å². The van der Waals surface area contributed by atoms with Crippen molar-refractivity contribution in [3.05, 3.63) is 34.0 Å². The molecule has 0 saturated heterocycles. The second-order valence-corrected chi connectivity index (χ2v) is 7.72. The van der Waals surface area contributed by atoms with Gasteiger partial charge in [0.05, 0.1) is 18.3 Å². The van der Waals surface area contributed by atoms with Crippen LogP contribution in [-0.2, 0) is 0 Å². The summed E-state index contributed by atoms with van der Waals surface area (Å²) in [5.41, 5.74) is 2.02. The number of nitrogens with zero attached hydrogens (tertiary/aromatic N) is 3. The maximum atomic E-state index is 12.4. The van der Waals surface area contributed by atoms with E-state index in [0.29, 0.717) is 12.0 Å². The summed E-state index contributed by atoms with van der Waals surface area (Å²) >= 11 is 1.62. The van der Waals surface area contributed by atoms with E-state index in [1.165, 1.54) is 0 Å². The number of carbonyl (C=O) groups is 1. The van der Waals surface area contributed by atoms with Gasteiger partial charge in [0, 0.05) is 28.9 Å². The standard InChI is InChI=1S/C17H25N5OS/c1-10(2)22-8-14(7-18-22)12(4)20-17(23)21-15(13-5-6-13)16-19-11(3)9-24-16/h7-10,12-13,15H,5-6H2,1-4H3,(H2,20,21,23)/t12-,15+/m0/s1. The maximum Gasteiger partial charge on any atom is 0.315 e. The summed E-state index contributed by atoms with van der Waals surface area (Å²) in [4.78, 5) is 17.0. The quantitative estimate of drug-likeness (QED) is 0.836. The molecule has 1 saturated carbocycles. The Morgan fingerprint density at radius 1 is 1.33 bits per heavy atom. The molecule has 1 aliphatic rings. The van der Waals surface area contributed by atoms with Crippen LogP contribution in [0.3, 0.4) is 0 Å². The van der Waals surface area contributed by atoms with Crippen molar-refractivity contribution in [1.82, 2.24) is 25.4 Å². The summed E-state index contributed by atoms with van der Waals surface area (Å²) in [5.74, 6) is 0.514. The smallest absolute Gasteiger partial charge is 0.315 e. The van der Waals surface area contributed by atoms with Crippen LogP contribution in [0, 0.1) is 12.8 Å². The monoisotopic (exact) mass is 347 g/mol. The Balaban J connectivity index is 1.61. The van der Waals surface area contributed by atoms with Crippen LogP contribution in [0.4, 0.5) is 4.79 Å². The Labute approximate surface area is 146 Å². The van der Waals surface area contributed by atoms with E-state index in [0.717, 1.165) is 29.1 Å². The van der Waals surface area contributed by atoms with E-state index in [1.807, 2.05) is 36.3 Å². The molecule has 1 fully saturated rings. The Hall–Kier alpha value is -1.89.